The quantitative estimate of drug-likeness (QED) is 0.660. The topological polar surface area (TPSA) is 102 Å². The van der Waals surface area contributed by atoms with Crippen LogP contribution in [0.4, 0.5) is 6.01 Å². The highest BCUT2D eigenvalue weighted by Crippen LogP contribution is 2.14. The summed E-state index contributed by atoms with van der Waals surface area (Å²) in [5.41, 5.74) is 5.75. The highest BCUT2D eigenvalue weighted by molar-refractivity contribution is 5.87. The van der Waals surface area contributed by atoms with Crippen molar-refractivity contribution in [1.29, 1.82) is 0 Å². The van der Waals surface area contributed by atoms with E-state index in [1.165, 1.54) is 12.1 Å². The lowest BCUT2D eigenvalue weighted by Crippen LogP contribution is -1.99. The molecule has 13 heavy (non-hydrogen) atoms. The first-order chi connectivity index (χ1) is 6.16. The third kappa shape index (κ3) is 1.18. The van der Waals surface area contributed by atoms with Crippen LogP contribution in [0.5, 0.6) is 0 Å². The molecule has 0 unspecified atom stereocenters. The molecular weight excluding hydrogens is 174 g/mol. The fraction of sp³-hybridized carbons (Fsp3) is 0. The van der Waals surface area contributed by atoms with Crippen LogP contribution in [0.3, 0.4) is 0 Å². The highest BCUT2D eigenvalue weighted by Gasteiger charge is 2.09. The van der Waals surface area contributed by atoms with E-state index in [2.05, 4.69) is 9.97 Å². The average Bonchev–Trinajstić information content (AvgIpc) is 2.42. The smallest absolute Gasteiger partial charge is 0.354 e. The molecule has 0 atom stereocenters. The number of hydrogen-bond donors (Lipinski definition) is 2. The first kappa shape index (κ1) is 7.53. The van der Waals surface area contributed by atoms with Gasteiger partial charge in [0.15, 0.2) is 11.3 Å². The number of nitrogens with zero attached hydrogens (tertiary/aromatic N) is 2. The number of nitrogen functional groups attached to an aromatic ring is 1. The van der Waals surface area contributed by atoms with Gasteiger partial charge < -0.3 is 15.3 Å². The van der Waals surface area contributed by atoms with Crippen LogP contribution in [0.2, 0.25) is 0 Å². The molecule has 0 bridgehead atoms. The minimum Gasteiger partial charge on any atom is -0.477 e. The first-order valence-electron chi connectivity index (χ1n) is 3.43. The molecule has 0 radical (unpaired) electrons. The van der Waals surface area contributed by atoms with Gasteiger partial charge in [-0.3, -0.25) is 0 Å². The van der Waals surface area contributed by atoms with Crippen LogP contribution < -0.4 is 5.73 Å². The number of carboxylic acid groups (broad SMARTS) is 1. The van der Waals surface area contributed by atoms with Gasteiger partial charge in [-0.15, -0.1) is 0 Å². The van der Waals surface area contributed by atoms with Crippen LogP contribution in [-0.4, -0.2) is 21.0 Å². The molecule has 2 aromatic heterocycles. The molecule has 3 N–H and O–H groups in total. The number of fused-ring (bicyclic) bond motifs is 1. The molecule has 0 amide bonds. The summed E-state index contributed by atoms with van der Waals surface area (Å²) in [7, 11) is 0. The summed E-state index contributed by atoms with van der Waals surface area (Å²) in [6.07, 6.45) is 0. The van der Waals surface area contributed by atoms with Crippen molar-refractivity contribution in [2.45, 2.75) is 0 Å². The molecule has 2 heterocycles. The second-order valence-electron chi connectivity index (χ2n) is 2.38. The maximum absolute atomic E-state index is 10.5. The van der Waals surface area contributed by atoms with E-state index in [0.717, 1.165) is 0 Å². The van der Waals surface area contributed by atoms with E-state index in [9.17, 15) is 4.79 Å². The Balaban J connectivity index is 2.67. The normalized spacial score (nSPS) is 10.5. The molecule has 6 nitrogen and oxygen atoms in total. The van der Waals surface area contributed by atoms with Gasteiger partial charge in [0.05, 0.1) is 0 Å². The highest BCUT2D eigenvalue weighted by atomic mass is 16.4. The Kier molecular flexibility index (Phi) is 1.42. The molecule has 0 aliphatic rings. The lowest BCUT2D eigenvalue weighted by molar-refractivity contribution is 0.0691. The van der Waals surface area contributed by atoms with Gasteiger partial charge in [0, 0.05) is 0 Å². The largest absolute Gasteiger partial charge is 0.477 e. The van der Waals surface area contributed by atoms with Crippen molar-refractivity contribution in [3.63, 3.8) is 0 Å². The Morgan fingerprint density at radius 1 is 1.46 bits per heavy atom. The van der Waals surface area contributed by atoms with Crippen LogP contribution in [0.15, 0.2) is 16.5 Å². The lowest BCUT2D eigenvalue weighted by Gasteiger charge is -1.89. The van der Waals surface area contributed by atoms with Gasteiger partial charge >= 0.3 is 5.97 Å². The summed E-state index contributed by atoms with van der Waals surface area (Å²) in [6.45, 7) is 0. The summed E-state index contributed by atoms with van der Waals surface area (Å²) in [5, 5.41) is 8.60. The zero-order valence-corrected chi connectivity index (χ0v) is 6.39. The molecule has 0 saturated heterocycles. The van der Waals surface area contributed by atoms with E-state index in [-0.39, 0.29) is 17.4 Å². The zero-order valence-electron chi connectivity index (χ0n) is 6.39. The molecule has 0 aliphatic heterocycles. The number of nitrogens with two attached hydrogens (primary N) is 1. The Bertz CT molecular complexity index is 477. The SMILES string of the molecule is Nc1nc2nc(C(=O)O)ccc2o1. The Hall–Kier alpha value is -2.11. The number of pyridine rings is 1. The van der Waals surface area contributed by atoms with Crippen molar-refractivity contribution in [1.82, 2.24) is 9.97 Å². The number of oxazole rings is 1. The molecular formula is C7H5N3O3. The number of aromatic nitrogens is 2. The third-order valence-electron chi connectivity index (χ3n) is 1.49. The average molecular weight is 179 g/mol. The van der Waals surface area contributed by atoms with Crippen LogP contribution in [0.25, 0.3) is 11.2 Å². The van der Waals surface area contributed by atoms with E-state index in [0.29, 0.717) is 5.58 Å². The first-order valence-corrected chi connectivity index (χ1v) is 3.43. The number of aromatic carboxylic acids is 1. The molecule has 2 aromatic rings. The molecule has 0 aromatic carbocycles. The van der Waals surface area contributed by atoms with Crippen molar-refractivity contribution in [2.75, 3.05) is 5.73 Å². The van der Waals surface area contributed by atoms with E-state index in [1.54, 1.807) is 0 Å². The van der Waals surface area contributed by atoms with Crippen molar-refractivity contribution >= 4 is 23.2 Å². The third-order valence-corrected chi connectivity index (χ3v) is 1.49. The predicted molar refractivity (Wildman–Crippen MR) is 43.2 cm³/mol. The van der Waals surface area contributed by atoms with E-state index in [1.807, 2.05) is 0 Å². The predicted octanol–water partition coefficient (Wildman–Crippen LogP) is 0.503. The summed E-state index contributed by atoms with van der Waals surface area (Å²) in [4.78, 5) is 17.9. The van der Waals surface area contributed by atoms with Gasteiger partial charge in [-0.2, -0.15) is 4.98 Å². The summed E-state index contributed by atoms with van der Waals surface area (Å²) >= 11 is 0. The fourth-order valence-electron chi connectivity index (χ4n) is 0.954. The van der Waals surface area contributed by atoms with Crippen molar-refractivity contribution in [3.8, 4) is 0 Å². The number of anilines is 1. The number of hydrogen-bond acceptors (Lipinski definition) is 5. The van der Waals surface area contributed by atoms with Gasteiger partial charge in [-0.1, -0.05) is 0 Å². The maximum Gasteiger partial charge on any atom is 0.354 e. The number of carbonyl (C=O) groups is 1. The van der Waals surface area contributed by atoms with Crippen LogP contribution in [0.1, 0.15) is 10.5 Å². The standard InChI is InChI=1S/C7H5N3O3/c8-7-10-5-4(13-7)2-1-3(9-5)6(11)12/h1-2H,(H,11,12)(H2,8,9,10). The second-order valence-corrected chi connectivity index (χ2v) is 2.38. The molecule has 6 heteroatoms. The molecule has 0 spiro atoms. The van der Waals surface area contributed by atoms with Crippen molar-refractivity contribution < 1.29 is 14.3 Å². The molecule has 0 fully saturated rings. The van der Waals surface area contributed by atoms with E-state index >= 15 is 0 Å². The van der Waals surface area contributed by atoms with Gasteiger partial charge in [-0.05, 0) is 12.1 Å². The minimum absolute atomic E-state index is 0.0231. The molecule has 0 saturated carbocycles. The Morgan fingerprint density at radius 2 is 2.23 bits per heavy atom. The van der Waals surface area contributed by atoms with E-state index in [4.69, 9.17) is 15.3 Å². The number of rotatable bonds is 1. The lowest BCUT2D eigenvalue weighted by atomic mass is 10.3. The maximum atomic E-state index is 10.5. The van der Waals surface area contributed by atoms with E-state index < -0.39 is 5.97 Å². The number of carboxylic acids is 1. The van der Waals surface area contributed by atoms with Crippen molar-refractivity contribution in [2.24, 2.45) is 0 Å². The monoisotopic (exact) mass is 179 g/mol. The molecule has 2 rings (SSSR count). The fourth-order valence-corrected chi connectivity index (χ4v) is 0.954. The summed E-state index contributed by atoms with van der Waals surface area (Å²) in [6, 6.07) is 2.77. The Labute approximate surface area is 72.0 Å². The van der Waals surface area contributed by atoms with Gasteiger partial charge in [0.2, 0.25) is 5.65 Å². The van der Waals surface area contributed by atoms with Crippen LogP contribution in [0, 0.1) is 0 Å². The summed E-state index contributed by atoms with van der Waals surface area (Å²) < 4.78 is 4.91. The molecule has 0 aliphatic carbocycles. The van der Waals surface area contributed by atoms with Gasteiger partial charge in [-0.25, -0.2) is 9.78 Å². The van der Waals surface area contributed by atoms with Crippen LogP contribution >= 0.6 is 0 Å². The van der Waals surface area contributed by atoms with Gasteiger partial charge in [0.1, 0.15) is 0 Å². The second kappa shape index (κ2) is 2.44. The minimum atomic E-state index is -1.11. The van der Waals surface area contributed by atoms with Gasteiger partial charge in [0.25, 0.3) is 6.01 Å². The zero-order chi connectivity index (χ0) is 9.42. The van der Waals surface area contributed by atoms with Crippen LogP contribution in [-0.2, 0) is 0 Å². The summed E-state index contributed by atoms with van der Waals surface area (Å²) in [5.74, 6) is -1.11. The van der Waals surface area contributed by atoms with Crippen molar-refractivity contribution in [3.05, 3.63) is 17.8 Å². The Morgan fingerprint density at radius 3 is 2.92 bits per heavy atom. The molecule has 66 valence electrons.